The Balaban J connectivity index is 2.36. The smallest absolute Gasteiger partial charge is 0.330 e. The Morgan fingerprint density at radius 3 is 2.82 bits per heavy atom. The summed E-state index contributed by atoms with van der Waals surface area (Å²) in [4.78, 5) is 25.4. The fraction of sp³-hybridized carbons (Fsp3) is 0.600. The molecule has 0 amide bonds. The minimum atomic E-state index is -0.508. The highest BCUT2D eigenvalue weighted by molar-refractivity contribution is 5.61. The van der Waals surface area contributed by atoms with Crippen LogP contribution < -0.4 is 22.3 Å². The van der Waals surface area contributed by atoms with Gasteiger partial charge in [-0.05, 0) is 12.8 Å². The molecular weight excluding hydrogens is 224 g/mol. The number of nitrogen functional groups attached to an aromatic ring is 1. The number of aromatic nitrogens is 2. The molecule has 1 aliphatic rings. The Labute approximate surface area is 97.6 Å². The first-order valence-corrected chi connectivity index (χ1v) is 5.51. The van der Waals surface area contributed by atoms with Gasteiger partial charge in [-0.2, -0.15) is 0 Å². The van der Waals surface area contributed by atoms with Gasteiger partial charge in [0.2, 0.25) is 0 Å². The van der Waals surface area contributed by atoms with Crippen LogP contribution in [0.2, 0.25) is 0 Å². The van der Waals surface area contributed by atoms with Crippen LogP contribution in [0.25, 0.3) is 0 Å². The van der Waals surface area contributed by atoms with E-state index in [1.54, 1.807) is 0 Å². The van der Waals surface area contributed by atoms with E-state index in [1.807, 2.05) is 0 Å². The second-order valence-electron chi connectivity index (χ2n) is 4.08. The average molecular weight is 240 g/mol. The molecule has 1 aromatic heterocycles. The maximum absolute atomic E-state index is 11.6. The van der Waals surface area contributed by atoms with Gasteiger partial charge in [0, 0.05) is 13.2 Å². The van der Waals surface area contributed by atoms with Gasteiger partial charge in [0.15, 0.2) is 0 Å². The number of hydrogen-bond donors (Lipinski definition) is 3. The number of aromatic amines is 1. The van der Waals surface area contributed by atoms with Crippen LogP contribution in [-0.2, 0) is 11.3 Å². The van der Waals surface area contributed by atoms with Crippen molar-refractivity contribution in [3.8, 4) is 0 Å². The number of rotatable bonds is 5. The highest BCUT2D eigenvalue weighted by Crippen LogP contribution is 2.24. The maximum atomic E-state index is 11.6. The normalized spacial score (nSPS) is 14.9. The predicted molar refractivity (Wildman–Crippen MR) is 64.3 cm³/mol. The van der Waals surface area contributed by atoms with Crippen LogP contribution in [0.5, 0.6) is 0 Å². The number of ether oxygens (including phenoxy) is 1. The van der Waals surface area contributed by atoms with Crippen LogP contribution in [0, 0.1) is 0 Å². The van der Waals surface area contributed by atoms with E-state index in [-0.39, 0.29) is 11.5 Å². The number of methoxy groups -OCH3 is 1. The molecule has 7 heteroatoms. The molecule has 4 N–H and O–H groups in total. The molecule has 1 aliphatic carbocycles. The average Bonchev–Trinajstić information content (AvgIpc) is 3.08. The van der Waals surface area contributed by atoms with Gasteiger partial charge in [-0.25, -0.2) is 4.79 Å². The zero-order valence-corrected chi connectivity index (χ0v) is 9.66. The number of H-pyrrole nitrogens is 1. The molecule has 2 rings (SSSR count). The van der Waals surface area contributed by atoms with Crippen molar-refractivity contribution in [2.75, 3.05) is 24.8 Å². The fourth-order valence-corrected chi connectivity index (χ4v) is 1.56. The van der Waals surface area contributed by atoms with Crippen LogP contribution >= 0.6 is 0 Å². The molecule has 94 valence electrons. The molecule has 0 atom stereocenters. The predicted octanol–water partition coefficient (Wildman–Crippen LogP) is -0.660. The number of nitrogens with two attached hydrogens (primary N) is 1. The Morgan fingerprint density at radius 1 is 1.53 bits per heavy atom. The van der Waals surface area contributed by atoms with Crippen molar-refractivity contribution in [2.45, 2.75) is 25.4 Å². The minimum absolute atomic E-state index is 0.169. The fourth-order valence-electron chi connectivity index (χ4n) is 1.56. The summed E-state index contributed by atoms with van der Waals surface area (Å²) in [5, 5.41) is 3.03. The topological polar surface area (TPSA) is 102 Å². The molecule has 7 nitrogen and oxygen atoms in total. The number of hydrogen-bond acceptors (Lipinski definition) is 5. The van der Waals surface area contributed by atoms with Crippen molar-refractivity contribution < 1.29 is 4.74 Å². The second-order valence-corrected chi connectivity index (χ2v) is 4.08. The molecule has 0 saturated heterocycles. The van der Waals surface area contributed by atoms with Crippen LogP contribution in [0.3, 0.4) is 0 Å². The molecule has 0 radical (unpaired) electrons. The summed E-state index contributed by atoms with van der Waals surface area (Å²) < 4.78 is 6.19. The van der Waals surface area contributed by atoms with Crippen molar-refractivity contribution in [2.24, 2.45) is 0 Å². The van der Waals surface area contributed by atoms with Crippen LogP contribution in [0.1, 0.15) is 12.8 Å². The third-order valence-electron chi connectivity index (χ3n) is 2.68. The number of anilines is 2. The Bertz CT molecular complexity index is 515. The minimum Gasteiger partial charge on any atom is -0.383 e. The Hall–Kier alpha value is -1.76. The highest BCUT2D eigenvalue weighted by Gasteiger charge is 2.24. The van der Waals surface area contributed by atoms with E-state index < -0.39 is 11.2 Å². The molecule has 0 aromatic carbocycles. The van der Waals surface area contributed by atoms with Gasteiger partial charge in [0.05, 0.1) is 13.2 Å². The van der Waals surface area contributed by atoms with Crippen molar-refractivity contribution in [1.29, 1.82) is 0 Å². The van der Waals surface area contributed by atoms with E-state index in [1.165, 1.54) is 11.7 Å². The molecule has 0 bridgehead atoms. The van der Waals surface area contributed by atoms with Gasteiger partial charge in [-0.1, -0.05) is 0 Å². The van der Waals surface area contributed by atoms with Crippen molar-refractivity contribution in [3.05, 3.63) is 20.8 Å². The summed E-state index contributed by atoms with van der Waals surface area (Å²) in [7, 11) is 1.54. The molecule has 1 heterocycles. The van der Waals surface area contributed by atoms with E-state index in [4.69, 9.17) is 10.5 Å². The third-order valence-corrected chi connectivity index (χ3v) is 2.68. The summed E-state index contributed by atoms with van der Waals surface area (Å²) in [6.45, 7) is 0.677. The van der Waals surface area contributed by atoms with Crippen LogP contribution in [-0.4, -0.2) is 29.3 Å². The molecule has 0 unspecified atom stereocenters. The third kappa shape index (κ3) is 2.50. The second kappa shape index (κ2) is 4.62. The molecule has 0 aliphatic heterocycles. The van der Waals surface area contributed by atoms with E-state index in [2.05, 4.69) is 10.3 Å². The first-order chi connectivity index (χ1) is 8.13. The first kappa shape index (κ1) is 11.7. The lowest BCUT2D eigenvalue weighted by Gasteiger charge is -2.12. The largest absolute Gasteiger partial charge is 0.383 e. The summed E-state index contributed by atoms with van der Waals surface area (Å²) >= 11 is 0. The molecule has 1 fully saturated rings. The lowest BCUT2D eigenvalue weighted by molar-refractivity contribution is 0.186. The van der Waals surface area contributed by atoms with Crippen LogP contribution in [0.4, 0.5) is 11.5 Å². The summed E-state index contributed by atoms with van der Waals surface area (Å²) in [5.41, 5.74) is 5.13. The molecular formula is C10H16N4O3. The van der Waals surface area contributed by atoms with Gasteiger partial charge in [0.25, 0.3) is 5.56 Å². The van der Waals surface area contributed by atoms with E-state index in [0.29, 0.717) is 19.2 Å². The summed E-state index contributed by atoms with van der Waals surface area (Å²) in [6.07, 6.45) is 2.05. The van der Waals surface area contributed by atoms with E-state index >= 15 is 0 Å². The van der Waals surface area contributed by atoms with Gasteiger partial charge < -0.3 is 15.8 Å². The molecule has 17 heavy (non-hydrogen) atoms. The quantitative estimate of drug-likeness (QED) is 0.634. The van der Waals surface area contributed by atoms with Crippen molar-refractivity contribution >= 4 is 11.5 Å². The molecule has 1 saturated carbocycles. The standard InChI is InChI=1S/C10H16N4O3/c1-17-5-4-14-8(11)7(12-6-2-3-6)9(15)13-10(14)16/h6,12H,2-5,11H2,1H3,(H,13,15,16). The zero-order chi connectivity index (χ0) is 12.4. The van der Waals surface area contributed by atoms with Crippen molar-refractivity contribution in [1.82, 2.24) is 9.55 Å². The monoisotopic (exact) mass is 240 g/mol. The number of nitrogens with one attached hydrogen (secondary N) is 2. The summed E-state index contributed by atoms with van der Waals surface area (Å²) in [6, 6.07) is 0.298. The van der Waals surface area contributed by atoms with Gasteiger partial charge in [-0.15, -0.1) is 0 Å². The van der Waals surface area contributed by atoms with Gasteiger partial charge in [-0.3, -0.25) is 14.3 Å². The van der Waals surface area contributed by atoms with Gasteiger partial charge in [0.1, 0.15) is 11.5 Å². The summed E-state index contributed by atoms with van der Waals surface area (Å²) in [5.74, 6) is 0.169. The lowest BCUT2D eigenvalue weighted by Crippen LogP contribution is -2.35. The Kier molecular flexibility index (Phi) is 3.19. The van der Waals surface area contributed by atoms with Gasteiger partial charge >= 0.3 is 5.69 Å². The van der Waals surface area contributed by atoms with E-state index in [9.17, 15) is 9.59 Å². The first-order valence-electron chi connectivity index (χ1n) is 5.51. The number of nitrogens with zero attached hydrogens (tertiary/aromatic N) is 1. The lowest BCUT2D eigenvalue weighted by atomic mass is 10.4. The zero-order valence-electron chi connectivity index (χ0n) is 9.66. The maximum Gasteiger partial charge on any atom is 0.330 e. The Morgan fingerprint density at radius 2 is 2.24 bits per heavy atom. The molecule has 1 aromatic rings. The van der Waals surface area contributed by atoms with Crippen molar-refractivity contribution in [3.63, 3.8) is 0 Å². The van der Waals surface area contributed by atoms with Crippen LogP contribution in [0.15, 0.2) is 9.59 Å². The van der Waals surface area contributed by atoms with E-state index in [0.717, 1.165) is 12.8 Å². The molecule has 0 spiro atoms. The SMILES string of the molecule is COCCn1c(N)c(NC2CC2)c(=O)[nH]c1=O. The highest BCUT2D eigenvalue weighted by atomic mass is 16.5.